The van der Waals surface area contributed by atoms with E-state index in [2.05, 4.69) is 18.8 Å². The van der Waals surface area contributed by atoms with Crippen molar-refractivity contribution < 1.29 is 0 Å². The monoisotopic (exact) mass is 236 g/mol. The van der Waals surface area contributed by atoms with Gasteiger partial charge < -0.3 is 5.73 Å². The van der Waals surface area contributed by atoms with Crippen LogP contribution in [-0.2, 0) is 11.8 Å². The van der Waals surface area contributed by atoms with Crippen LogP contribution in [0.3, 0.4) is 0 Å². The van der Waals surface area contributed by atoms with Crippen molar-refractivity contribution in [2.75, 3.05) is 5.73 Å². The summed E-state index contributed by atoms with van der Waals surface area (Å²) in [6.45, 7) is 4.74. The summed E-state index contributed by atoms with van der Waals surface area (Å²) in [7, 11) is 0. The summed E-state index contributed by atoms with van der Waals surface area (Å²) in [6.07, 6.45) is 6.85. The highest BCUT2D eigenvalue weighted by Gasteiger charge is 2.45. The lowest BCUT2D eigenvalue weighted by Crippen LogP contribution is -2.41. The van der Waals surface area contributed by atoms with Gasteiger partial charge in [0.2, 0.25) is 0 Å². The molecule has 1 unspecified atom stereocenters. The second-order valence-corrected chi connectivity index (χ2v) is 7.02. The van der Waals surface area contributed by atoms with Crippen molar-refractivity contribution in [1.82, 2.24) is 4.98 Å². The van der Waals surface area contributed by atoms with Gasteiger partial charge in [0.25, 0.3) is 0 Å². The van der Waals surface area contributed by atoms with E-state index in [0.717, 1.165) is 17.0 Å². The number of hydrogen-bond donors (Lipinski definition) is 1. The van der Waals surface area contributed by atoms with Gasteiger partial charge in [-0.05, 0) is 31.1 Å². The Kier molecular flexibility index (Phi) is 2.29. The van der Waals surface area contributed by atoms with E-state index in [0.29, 0.717) is 0 Å². The van der Waals surface area contributed by atoms with Crippen LogP contribution in [0.1, 0.15) is 50.1 Å². The van der Waals surface area contributed by atoms with Gasteiger partial charge in [0.1, 0.15) is 0 Å². The Balaban J connectivity index is 2.06. The van der Waals surface area contributed by atoms with E-state index in [1.54, 1.807) is 11.3 Å². The highest BCUT2D eigenvalue weighted by Crippen LogP contribution is 2.51. The SMILES string of the molecule is CC1(C)c2nc(N)sc2CC2CCCC[C@H]21. The Morgan fingerprint density at radius 2 is 2.06 bits per heavy atom. The molecule has 0 saturated heterocycles. The molecule has 2 atom stereocenters. The summed E-state index contributed by atoms with van der Waals surface area (Å²) in [5.74, 6) is 1.71. The third-order valence-corrected chi connectivity index (χ3v) is 5.51. The number of aromatic nitrogens is 1. The second kappa shape index (κ2) is 3.46. The van der Waals surface area contributed by atoms with Crippen LogP contribution >= 0.6 is 11.3 Å². The van der Waals surface area contributed by atoms with Gasteiger partial charge in [-0.3, -0.25) is 0 Å². The van der Waals surface area contributed by atoms with Crippen LogP contribution in [0.25, 0.3) is 0 Å². The van der Waals surface area contributed by atoms with Gasteiger partial charge >= 0.3 is 0 Å². The number of fused-ring (bicyclic) bond motifs is 2. The molecular weight excluding hydrogens is 216 g/mol. The molecule has 2 aliphatic rings. The van der Waals surface area contributed by atoms with Crippen LogP contribution in [-0.4, -0.2) is 4.98 Å². The Bertz CT molecular complexity index is 408. The fourth-order valence-corrected chi connectivity index (χ4v) is 4.92. The molecule has 3 heteroatoms. The largest absolute Gasteiger partial charge is 0.375 e. The number of nitrogen functional groups attached to an aromatic ring is 1. The van der Waals surface area contributed by atoms with E-state index in [9.17, 15) is 0 Å². The van der Waals surface area contributed by atoms with Crippen LogP contribution in [0.2, 0.25) is 0 Å². The summed E-state index contributed by atoms with van der Waals surface area (Å²) in [5.41, 5.74) is 7.42. The summed E-state index contributed by atoms with van der Waals surface area (Å²) >= 11 is 1.71. The normalized spacial score (nSPS) is 31.9. The summed E-state index contributed by atoms with van der Waals surface area (Å²) in [6, 6.07) is 0. The first kappa shape index (κ1) is 10.6. The van der Waals surface area contributed by atoms with E-state index in [1.165, 1.54) is 42.7 Å². The molecule has 0 aromatic carbocycles. The van der Waals surface area contributed by atoms with E-state index in [-0.39, 0.29) is 5.41 Å². The zero-order valence-corrected chi connectivity index (χ0v) is 10.9. The fraction of sp³-hybridized carbons (Fsp3) is 0.769. The Morgan fingerprint density at radius 3 is 2.88 bits per heavy atom. The zero-order chi connectivity index (χ0) is 11.3. The highest BCUT2D eigenvalue weighted by molar-refractivity contribution is 7.15. The van der Waals surface area contributed by atoms with Crippen LogP contribution in [0, 0.1) is 11.8 Å². The molecule has 16 heavy (non-hydrogen) atoms. The molecule has 1 saturated carbocycles. The Morgan fingerprint density at radius 1 is 1.31 bits per heavy atom. The van der Waals surface area contributed by atoms with Crippen LogP contribution in [0.5, 0.6) is 0 Å². The van der Waals surface area contributed by atoms with E-state index >= 15 is 0 Å². The molecule has 0 radical (unpaired) electrons. The minimum atomic E-state index is 0.243. The van der Waals surface area contributed by atoms with Gasteiger partial charge in [-0.15, -0.1) is 11.3 Å². The molecular formula is C13H20N2S. The van der Waals surface area contributed by atoms with E-state index in [1.807, 2.05) is 0 Å². The number of thiazole rings is 1. The Hall–Kier alpha value is -0.570. The predicted molar refractivity (Wildman–Crippen MR) is 68.7 cm³/mol. The lowest BCUT2D eigenvalue weighted by molar-refractivity contribution is 0.132. The number of hydrogen-bond acceptors (Lipinski definition) is 3. The molecule has 0 bridgehead atoms. The first-order chi connectivity index (χ1) is 7.59. The average Bonchev–Trinajstić information content (AvgIpc) is 2.60. The van der Waals surface area contributed by atoms with Crippen molar-refractivity contribution in [2.24, 2.45) is 11.8 Å². The molecule has 2 aliphatic carbocycles. The summed E-state index contributed by atoms with van der Waals surface area (Å²) in [5, 5.41) is 0.761. The molecule has 3 rings (SSSR count). The topological polar surface area (TPSA) is 38.9 Å². The number of anilines is 1. The van der Waals surface area contributed by atoms with Gasteiger partial charge in [0.05, 0.1) is 5.69 Å². The molecule has 0 amide bonds. The summed E-state index contributed by atoms with van der Waals surface area (Å²) in [4.78, 5) is 6.05. The van der Waals surface area contributed by atoms with Crippen LogP contribution < -0.4 is 5.73 Å². The molecule has 0 spiro atoms. The summed E-state index contributed by atoms with van der Waals surface area (Å²) < 4.78 is 0. The first-order valence-electron chi connectivity index (χ1n) is 6.34. The maximum atomic E-state index is 5.88. The molecule has 2 N–H and O–H groups in total. The third kappa shape index (κ3) is 1.41. The molecule has 1 fully saturated rings. The third-order valence-electron chi connectivity index (χ3n) is 4.61. The number of nitrogens with two attached hydrogens (primary N) is 1. The molecule has 1 aromatic rings. The quantitative estimate of drug-likeness (QED) is 0.750. The van der Waals surface area contributed by atoms with Crippen molar-refractivity contribution in [3.8, 4) is 0 Å². The standard InChI is InChI=1S/C13H20N2S/c1-13(2)9-6-4-3-5-8(9)7-10-11(13)15-12(14)16-10/h8-9H,3-7H2,1-2H3,(H2,14,15)/t8?,9-/m1/s1. The lowest BCUT2D eigenvalue weighted by atomic mass is 9.60. The maximum Gasteiger partial charge on any atom is 0.180 e. The number of rotatable bonds is 0. The first-order valence-corrected chi connectivity index (χ1v) is 7.16. The van der Waals surface area contributed by atoms with E-state index < -0.39 is 0 Å². The molecule has 1 aromatic heterocycles. The van der Waals surface area contributed by atoms with Crippen molar-refractivity contribution in [3.05, 3.63) is 10.6 Å². The van der Waals surface area contributed by atoms with Crippen molar-refractivity contribution in [2.45, 2.75) is 51.4 Å². The molecule has 88 valence electrons. The fourth-order valence-electron chi connectivity index (χ4n) is 3.83. The molecule has 2 nitrogen and oxygen atoms in total. The van der Waals surface area contributed by atoms with Gasteiger partial charge in [0, 0.05) is 10.3 Å². The van der Waals surface area contributed by atoms with Crippen LogP contribution in [0.4, 0.5) is 5.13 Å². The van der Waals surface area contributed by atoms with Crippen molar-refractivity contribution >= 4 is 16.5 Å². The van der Waals surface area contributed by atoms with Gasteiger partial charge in [-0.2, -0.15) is 0 Å². The van der Waals surface area contributed by atoms with Gasteiger partial charge in [-0.25, -0.2) is 4.98 Å². The maximum absolute atomic E-state index is 5.88. The van der Waals surface area contributed by atoms with Crippen LogP contribution in [0.15, 0.2) is 0 Å². The lowest BCUT2D eigenvalue weighted by Gasteiger charge is -2.45. The van der Waals surface area contributed by atoms with Gasteiger partial charge in [-0.1, -0.05) is 26.7 Å². The smallest absolute Gasteiger partial charge is 0.180 e. The van der Waals surface area contributed by atoms with Crippen molar-refractivity contribution in [3.63, 3.8) is 0 Å². The number of nitrogens with zero attached hydrogens (tertiary/aromatic N) is 1. The molecule has 1 heterocycles. The highest BCUT2D eigenvalue weighted by atomic mass is 32.1. The average molecular weight is 236 g/mol. The van der Waals surface area contributed by atoms with E-state index in [4.69, 9.17) is 5.73 Å². The van der Waals surface area contributed by atoms with Gasteiger partial charge in [0.15, 0.2) is 5.13 Å². The Labute approximate surface area is 101 Å². The molecule has 0 aliphatic heterocycles. The van der Waals surface area contributed by atoms with Crippen molar-refractivity contribution in [1.29, 1.82) is 0 Å². The second-order valence-electron chi connectivity index (χ2n) is 5.90. The minimum absolute atomic E-state index is 0.243. The minimum Gasteiger partial charge on any atom is -0.375 e. The zero-order valence-electron chi connectivity index (χ0n) is 10.1. The predicted octanol–water partition coefficient (Wildman–Crippen LogP) is 3.37.